The molecule has 0 radical (unpaired) electrons. The highest BCUT2D eigenvalue weighted by molar-refractivity contribution is 5.98. The lowest BCUT2D eigenvalue weighted by Crippen LogP contribution is -2.47. The van der Waals surface area contributed by atoms with Gasteiger partial charge in [0.05, 0.1) is 11.6 Å². The number of likely N-dealkylation sites (tertiary alicyclic amines) is 1. The number of aromatic amines is 1. The number of ketones is 1. The number of hydrogen-bond acceptors (Lipinski definition) is 5. The summed E-state index contributed by atoms with van der Waals surface area (Å²) in [4.78, 5) is 24.1. The first kappa shape index (κ1) is 28.2. The third-order valence-corrected chi connectivity index (χ3v) is 9.01. The zero-order chi connectivity index (χ0) is 28.7. The molecule has 6 nitrogen and oxygen atoms in total. The second kappa shape index (κ2) is 13.4. The predicted octanol–water partition coefficient (Wildman–Crippen LogP) is 6.52. The van der Waals surface area contributed by atoms with Gasteiger partial charge in [-0.25, -0.2) is 0 Å². The molecule has 4 aromatic rings. The van der Waals surface area contributed by atoms with E-state index in [1.807, 2.05) is 12.1 Å². The number of unbranched alkanes of at least 4 members (excludes halogenated alkanes) is 1. The van der Waals surface area contributed by atoms with Crippen molar-refractivity contribution in [2.45, 2.75) is 38.5 Å². The number of anilines is 1. The van der Waals surface area contributed by atoms with E-state index in [1.54, 1.807) is 6.07 Å². The molecule has 0 bridgehead atoms. The summed E-state index contributed by atoms with van der Waals surface area (Å²) in [6, 6.07) is 25.0. The molecular formula is C36H41N5O. The Labute approximate surface area is 249 Å². The highest BCUT2D eigenvalue weighted by Gasteiger charge is 2.21. The number of nitrogens with one attached hydrogen (secondary N) is 1. The highest BCUT2D eigenvalue weighted by atomic mass is 16.1. The lowest BCUT2D eigenvalue weighted by molar-refractivity contribution is 0.0978. The van der Waals surface area contributed by atoms with E-state index in [-0.39, 0.29) is 5.78 Å². The maximum absolute atomic E-state index is 13.2. The number of Topliss-reactive ketones (excluding diaryl/α,β-unsaturated/α-hetero) is 1. The number of aromatic nitrogens is 1. The number of benzene rings is 3. The molecule has 0 spiro atoms. The molecule has 0 saturated carbocycles. The monoisotopic (exact) mass is 559 g/mol. The number of nitriles is 1. The molecule has 0 aliphatic carbocycles. The fourth-order valence-electron chi connectivity index (χ4n) is 6.60. The standard InChI is InChI=1S/C36H41N5O/c37-26-28-23-30(25-31(24-28)36(42)13-5-6-15-39-16-7-8-17-39)33-10-2-4-12-35(33)41-21-19-40(20-22-41)18-14-29-27-38-34-11-3-1-9-32(29)34/h1-4,9-12,23-25,27,38H,5-8,13-22H2. The minimum Gasteiger partial charge on any atom is -0.368 e. The second-order valence-electron chi connectivity index (χ2n) is 11.8. The van der Waals surface area contributed by atoms with Crippen LogP contribution in [0.2, 0.25) is 0 Å². The number of carbonyl (C=O) groups excluding carboxylic acids is 1. The molecule has 0 atom stereocenters. The van der Waals surface area contributed by atoms with Crippen LogP contribution in [-0.4, -0.2) is 72.9 Å². The van der Waals surface area contributed by atoms with Crippen LogP contribution in [-0.2, 0) is 6.42 Å². The van der Waals surface area contributed by atoms with Gasteiger partial charge in [-0.2, -0.15) is 5.26 Å². The summed E-state index contributed by atoms with van der Waals surface area (Å²) in [5.74, 6) is 0.135. The van der Waals surface area contributed by atoms with Crippen LogP contribution in [0.15, 0.2) is 72.9 Å². The van der Waals surface area contributed by atoms with Crippen molar-refractivity contribution in [2.24, 2.45) is 0 Å². The van der Waals surface area contributed by atoms with Crippen molar-refractivity contribution in [1.29, 1.82) is 5.26 Å². The van der Waals surface area contributed by atoms with Gasteiger partial charge >= 0.3 is 0 Å². The fourth-order valence-corrected chi connectivity index (χ4v) is 6.60. The molecule has 0 amide bonds. The van der Waals surface area contributed by atoms with Gasteiger partial charge in [0.15, 0.2) is 5.78 Å². The average molecular weight is 560 g/mol. The molecule has 3 aromatic carbocycles. The summed E-state index contributed by atoms with van der Waals surface area (Å²) >= 11 is 0. The molecule has 2 fully saturated rings. The van der Waals surface area contributed by atoms with Gasteiger partial charge in [-0.1, -0.05) is 36.4 Å². The number of fused-ring (bicyclic) bond motifs is 1. The van der Waals surface area contributed by atoms with Gasteiger partial charge in [-0.15, -0.1) is 0 Å². The molecule has 216 valence electrons. The first-order chi connectivity index (χ1) is 20.7. The first-order valence-corrected chi connectivity index (χ1v) is 15.6. The van der Waals surface area contributed by atoms with Crippen molar-refractivity contribution in [1.82, 2.24) is 14.8 Å². The van der Waals surface area contributed by atoms with E-state index in [4.69, 9.17) is 0 Å². The van der Waals surface area contributed by atoms with Crippen LogP contribution in [0.3, 0.4) is 0 Å². The van der Waals surface area contributed by atoms with Crippen LogP contribution in [0, 0.1) is 11.3 Å². The zero-order valence-electron chi connectivity index (χ0n) is 24.5. The summed E-state index contributed by atoms with van der Waals surface area (Å²) in [6.45, 7) is 8.44. The predicted molar refractivity (Wildman–Crippen MR) is 171 cm³/mol. The molecule has 1 N–H and O–H groups in total. The number of piperazine rings is 1. The van der Waals surface area contributed by atoms with E-state index in [0.29, 0.717) is 17.5 Å². The lowest BCUT2D eigenvalue weighted by Gasteiger charge is -2.37. The Balaban J connectivity index is 1.09. The van der Waals surface area contributed by atoms with Gasteiger partial charge in [-0.05, 0) is 93.2 Å². The Bertz CT molecular complexity index is 1550. The van der Waals surface area contributed by atoms with E-state index in [2.05, 4.69) is 80.5 Å². The van der Waals surface area contributed by atoms with Gasteiger partial charge in [0, 0.05) is 73.1 Å². The molecule has 6 rings (SSSR count). The molecule has 42 heavy (non-hydrogen) atoms. The van der Waals surface area contributed by atoms with Crippen molar-refractivity contribution in [2.75, 3.05) is 57.3 Å². The Morgan fingerprint density at radius 2 is 1.60 bits per heavy atom. The van der Waals surface area contributed by atoms with Crippen molar-refractivity contribution in [3.8, 4) is 17.2 Å². The van der Waals surface area contributed by atoms with E-state index in [9.17, 15) is 10.1 Å². The average Bonchev–Trinajstić information content (AvgIpc) is 3.72. The maximum atomic E-state index is 13.2. The second-order valence-corrected chi connectivity index (χ2v) is 11.8. The van der Waals surface area contributed by atoms with Gasteiger partial charge < -0.3 is 14.8 Å². The van der Waals surface area contributed by atoms with E-state index in [1.165, 1.54) is 48.1 Å². The van der Waals surface area contributed by atoms with Gasteiger partial charge in [-0.3, -0.25) is 9.69 Å². The summed E-state index contributed by atoms with van der Waals surface area (Å²) < 4.78 is 0. The van der Waals surface area contributed by atoms with Crippen LogP contribution in [0.5, 0.6) is 0 Å². The number of H-pyrrole nitrogens is 1. The van der Waals surface area contributed by atoms with Crippen molar-refractivity contribution < 1.29 is 4.79 Å². The Morgan fingerprint density at radius 1 is 0.833 bits per heavy atom. The van der Waals surface area contributed by atoms with E-state index in [0.717, 1.165) is 69.7 Å². The van der Waals surface area contributed by atoms with E-state index < -0.39 is 0 Å². The molecular weight excluding hydrogens is 518 g/mol. The largest absolute Gasteiger partial charge is 0.368 e. The maximum Gasteiger partial charge on any atom is 0.162 e. The zero-order valence-corrected chi connectivity index (χ0v) is 24.5. The summed E-state index contributed by atoms with van der Waals surface area (Å²) in [5, 5.41) is 11.1. The van der Waals surface area contributed by atoms with Gasteiger partial charge in [0.2, 0.25) is 0 Å². The number of hydrogen-bond donors (Lipinski definition) is 1. The molecule has 2 saturated heterocycles. The number of rotatable bonds is 11. The van der Waals surface area contributed by atoms with Crippen LogP contribution in [0.1, 0.15) is 53.6 Å². The van der Waals surface area contributed by atoms with E-state index >= 15 is 0 Å². The number of para-hydroxylation sites is 2. The SMILES string of the molecule is N#Cc1cc(C(=O)CCCCN2CCCC2)cc(-c2ccccc2N2CCN(CCc3c[nH]c4ccccc34)CC2)c1. The van der Waals surface area contributed by atoms with Gasteiger partial charge in [0.25, 0.3) is 0 Å². The third-order valence-electron chi connectivity index (χ3n) is 9.01. The van der Waals surface area contributed by atoms with Gasteiger partial charge in [0.1, 0.15) is 0 Å². The van der Waals surface area contributed by atoms with Crippen molar-refractivity contribution in [3.05, 3.63) is 89.6 Å². The van der Waals surface area contributed by atoms with Crippen molar-refractivity contribution >= 4 is 22.4 Å². The van der Waals surface area contributed by atoms with Crippen LogP contribution in [0.25, 0.3) is 22.0 Å². The first-order valence-electron chi connectivity index (χ1n) is 15.6. The minimum absolute atomic E-state index is 0.135. The summed E-state index contributed by atoms with van der Waals surface area (Å²) in [7, 11) is 0. The molecule has 6 heteroatoms. The topological polar surface area (TPSA) is 66.4 Å². The molecule has 2 aliphatic heterocycles. The normalized spacial score (nSPS) is 16.2. The summed E-state index contributed by atoms with van der Waals surface area (Å²) in [5.41, 5.74) is 7.00. The van der Waals surface area contributed by atoms with Crippen LogP contribution in [0.4, 0.5) is 5.69 Å². The third kappa shape index (κ3) is 6.59. The molecule has 0 unspecified atom stereocenters. The minimum atomic E-state index is 0.135. The van der Waals surface area contributed by atoms with Crippen LogP contribution < -0.4 is 4.90 Å². The molecule has 3 heterocycles. The Hall–Kier alpha value is -3.92. The Morgan fingerprint density at radius 3 is 2.43 bits per heavy atom. The number of nitrogens with zero attached hydrogens (tertiary/aromatic N) is 4. The quantitative estimate of drug-likeness (QED) is 0.167. The Kier molecular flexibility index (Phi) is 8.98. The lowest BCUT2D eigenvalue weighted by atomic mass is 9.95. The fraction of sp³-hybridized carbons (Fsp3) is 0.389. The highest BCUT2D eigenvalue weighted by Crippen LogP contribution is 2.33. The molecule has 1 aromatic heterocycles. The smallest absolute Gasteiger partial charge is 0.162 e. The summed E-state index contributed by atoms with van der Waals surface area (Å²) in [6.07, 6.45) is 8.26. The van der Waals surface area contributed by atoms with Crippen molar-refractivity contribution in [3.63, 3.8) is 0 Å². The van der Waals surface area contributed by atoms with Crippen LogP contribution >= 0.6 is 0 Å². The molecule has 2 aliphatic rings. The number of carbonyl (C=O) groups is 1.